The van der Waals surface area contributed by atoms with E-state index in [1.54, 1.807) is 0 Å². The van der Waals surface area contributed by atoms with E-state index in [0.29, 0.717) is 5.75 Å². The molecule has 2 aliphatic rings. The molecule has 32 heavy (non-hydrogen) atoms. The molecule has 1 amide bonds. The zero-order valence-corrected chi connectivity index (χ0v) is 20.3. The van der Waals surface area contributed by atoms with Crippen molar-refractivity contribution in [1.29, 1.82) is 0 Å². The highest BCUT2D eigenvalue weighted by Gasteiger charge is 2.25. The SMILES string of the molecule is Cc1ccc(C(C)NC(=O)CSc2nnc(N3CCCCC3)n2CC2CCCO2)cc1C. The van der Waals surface area contributed by atoms with E-state index in [1.807, 2.05) is 6.92 Å². The Morgan fingerprint density at radius 3 is 2.72 bits per heavy atom. The topological polar surface area (TPSA) is 72.3 Å². The number of anilines is 1. The lowest BCUT2D eigenvalue weighted by molar-refractivity contribution is -0.119. The van der Waals surface area contributed by atoms with Crippen molar-refractivity contribution in [2.75, 3.05) is 30.3 Å². The average molecular weight is 458 g/mol. The summed E-state index contributed by atoms with van der Waals surface area (Å²) in [5.41, 5.74) is 3.63. The molecule has 3 heterocycles. The van der Waals surface area contributed by atoms with Gasteiger partial charge in [-0.2, -0.15) is 0 Å². The van der Waals surface area contributed by atoms with Gasteiger partial charge in [-0.05, 0) is 69.6 Å². The van der Waals surface area contributed by atoms with Crippen LogP contribution in [0, 0.1) is 13.8 Å². The standard InChI is InChI=1S/C24H35N5O2S/c1-17-9-10-20(14-18(17)2)19(3)25-22(30)16-32-24-27-26-23(28-11-5-4-6-12-28)29(24)15-21-8-7-13-31-21/h9-10,14,19,21H,4-8,11-13,15-16H2,1-3H3,(H,25,30). The van der Waals surface area contributed by atoms with E-state index >= 15 is 0 Å². The van der Waals surface area contributed by atoms with E-state index in [1.165, 1.54) is 42.2 Å². The highest BCUT2D eigenvalue weighted by Crippen LogP contribution is 2.27. The van der Waals surface area contributed by atoms with Crippen molar-refractivity contribution in [3.8, 4) is 0 Å². The molecule has 0 bridgehead atoms. The zero-order chi connectivity index (χ0) is 22.5. The van der Waals surface area contributed by atoms with Gasteiger partial charge in [0, 0.05) is 19.7 Å². The second-order valence-electron chi connectivity index (χ2n) is 9.00. The Kier molecular flexibility index (Phi) is 7.73. The molecule has 1 aromatic carbocycles. The number of thioether (sulfide) groups is 1. The minimum absolute atomic E-state index is 0.00640. The number of rotatable bonds is 8. The Hall–Kier alpha value is -2.06. The molecule has 1 N–H and O–H groups in total. The number of benzene rings is 1. The molecule has 2 fully saturated rings. The van der Waals surface area contributed by atoms with Gasteiger partial charge >= 0.3 is 0 Å². The molecule has 2 saturated heterocycles. The van der Waals surface area contributed by atoms with Crippen LogP contribution in [0.1, 0.15) is 61.8 Å². The molecule has 1 aromatic heterocycles. The van der Waals surface area contributed by atoms with E-state index in [0.717, 1.165) is 55.8 Å². The number of aromatic nitrogens is 3. The summed E-state index contributed by atoms with van der Waals surface area (Å²) in [6.45, 7) is 9.84. The fourth-order valence-electron chi connectivity index (χ4n) is 4.40. The molecular weight excluding hydrogens is 422 g/mol. The van der Waals surface area contributed by atoms with Crippen molar-refractivity contribution in [1.82, 2.24) is 20.1 Å². The van der Waals surface area contributed by atoms with Crippen LogP contribution < -0.4 is 10.2 Å². The van der Waals surface area contributed by atoms with Gasteiger partial charge in [-0.15, -0.1) is 10.2 Å². The first kappa shape index (κ1) is 23.1. The predicted octanol–water partition coefficient (Wildman–Crippen LogP) is 4.03. The maximum Gasteiger partial charge on any atom is 0.230 e. The number of nitrogens with one attached hydrogen (secondary N) is 1. The molecule has 2 aliphatic heterocycles. The fourth-order valence-corrected chi connectivity index (χ4v) is 5.15. The molecule has 174 valence electrons. The molecule has 2 atom stereocenters. The normalized spacial score (nSPS) is 19.8. The summed E-state index contributed by atoms with van der Waals surface area (Å²) in [7, 11) is 0. The smallest absolute Gasteiger partial charge is 0.230 e. The molecular formula is C24H35N5O2S. The first-order valence-electron chi connectivity index (χ1n) is 11.8. The van der Waals surface area contributed by atoms with Gasteiger partial charge in [0.25, 0.3) is 0 Å². The van der Waals surface area contributed by atoms with Gasteiger partial charge in [-0.3, -0.25) is 9.36 Å². The van der Waals surface area contributed by atoms with Crippen molar-refractivity contribution < 1.29 is 9.53 Å². The van der Waals surface area contributed by atoms with Crippen LogP contribution in [0.4, 0.5) is 5.95 Å². The highest BCUT2D eigenvalue weighted by atomic mass is 32.2. The summed E-state index contributed by atoms with van der Waals surface area (Å²) in [4.78, 5) is 15.0. The van der Waals surface area contributed by atoms with Crippen molar-refractivity contribution >= 4 is 23.6 Å². The predicted molar refractivity (Wildman–Crippen MR) is 128 cm³/mol. The Morgan fingerprint density at radius 2 is 2.00 bits per heavy atom. The number of piperidine rings is 1. The summed E-state index contributed by atoms with van der Waals surface area (Å²) < 4.78 is 8.06. The first-order valence-corrected chi connectivity index (χ1v) is 12.8. The number of ether oxygens (including phenoxy) is 1. The molecule has 0 aliphatic carbocycles. The quantitative estimate of drug-likeness (QED) is 0.604. The van der Waals surface area contributed by atoms with Crippen LogP contribution in [0.25, 0.3) is 0 Å². The maximum absolute atomic E-state index is 12.7. The monoisotopic (exact) mass is 457 g/mol. The number of carbonyl (C=O) groups is 1. The van der Waals surface area contributed by atoms with E-state index in [4.69, 9.17) is 4.74 Å². The van der Waals surface area contributed by atoms with Crippen molar-refractivity contribution in [2.45, 2.75) is 76.7 Å². The van der Waals surface area contributed by atoms with Gasteiger partial charge in [-0.25, -0.2) is 0 Å². The van der Waals surface area contributed by atoms with Gasteiger partial charge in [0.15, 0.2) is 5.16 Å². The van der Waals surface area contributed by atoms with Crippen LogP contribution in [0.15, 0.2) is 23.4 Å². The number of hydrogen-bond donors (Lipinski definition) is 1. The third kappa shape index (κ3) is 5.64. The molecule has 7 nitrogen and oxygen atoms in total. The number of nitrogens with zero attached hydrogens (tertiary/aromatic N) is 4. The molecule has 4 rings (SSSR count). The van der Waals surface area contributed by atoms with Gasteiger partial charge in [0.1, 0.15) is 0 Å². The molecule has 0 saturated carbocycles. The number of aryl methyl sites for hydroxylation is 2. The summed E-state index contributed by atoms with van der Waals surface area (Å²) in [5.74, 6) is 1.25. The zero-order valence-electron chi connectivity index (χ0n) is 19.5. The van der Waals surface area contributed by atoms with Crippen molar-refractivity contribution in [3.05, 3.63) is 34.9 Å². The first-order chi connectivity index (χ1) is 15.5. The van der Waals surface area contributed by atoms with Crippen LogP contribution in [-0.4, -0.2) is 52.2 Å². The molecule has 0 spiro atoms. The number of carbonyl (C=O) groups excluding carboxylic acids is 1. The molecule has 8 heteroatoms. The van der Waals surface area contributed by atoms with Gasteiger partial charge in [0.05, 0.1) is 24.4 Å². The van der Waals surface area contributed by atoms with E-state index in [2.05, 4.69) is 57.0 Å². The van der Waals surface area contributed by atoms with Crippen LogP contribution >= 0.6 is 11.8 Å². The van der Waals surface area contributed by atoms with Crippen molar-refractivity contribution in [2.24, 2.45) is 0 Å². The van der Waals surface area contributed by atoms with E-state index in [9.17, 15) is 4.79 Å². The van der Waals surface area contributed by atoms with Crippen LogP contribution in [0.3, 0.4) is 0 Å². The summed E-state index contributed by atoms with van der Waals surface area (Å²) in [6.07, 6.45) is 6.02. The summed E-state index contributed by atoms with van der Waals surface area (Å²) >= 11 is 1.46. The third-order valence-electron chi connectivity index (χ3n) is 6.49. The van der Waals surface area contributed by atoms with Crippen LogP contribution in [-0.2, 0) is 16.1 Å². The van der Waals surface area contributed by atoms with Gasteiger partial charge in [-0.1, -0.05) is 30.0 Å². The van der Waals surface area contributed by atoms with Gasteiger partial charge in [0.2, 0.25) is 11.9 Å². The number of amides is 1. The fraction of sp³-hybridized carbons (Fsp3) is 0.625. The molecule has 2 unspecified atom stereocenters. The third-order valence-corrected chi connectivity index (χ3v) is 7.45. The van der Waals surface area contributed by atoms with Crippen LogP contribution in [0.2, 0.25) is 0 Å². The van der Waals surface area contributed by atoms with E-state index < -0.39 is 0 Å². The minimum atomic E-state index is -0.0314. The van der Waals surface area contributed by atoms with Gasteiger partial charge < -0.3 is 15.0 Å². The lowest BCUT2D eigenvalue weighted by Crippen LogP contribution is -2.33. The van der Waals surface area contributed by atoms with Crippen LogP contribution in [0.5, 0.6) is 0 Å². The Balaban J connectivity index is 1.40. The second-order valence-corrected chi connectivity index (χ2v) is 9.94. The lowest BCUT2D eigenvalue weighted by Gasteiger charge is -2.28. The van der Waals surface area contributed by atoms with E-state index in [-0.39, 0.29) is 18.1 Å². The average Bonchev–Trinajstić information content (AvgIpc) is 3.45. The number of hydrogen-bond acceptors (Lipinski definition) is 6. The maximum atomic E-state index is 12.7. The minimum Gasteiger partial charge on any atom is -0.376 e. The lowest BCUT2D eigenvalue weighted by atomic mass is 10.0. The Morgan fingerprint density at radius 1 is 1.19 bits per heavy atom. The summed E-state index contributed by atoms with van der Waals surface area (Å²) in [5, 5.41) is 12.9. The molecule has 2 aromatic rings. The largest absolute Gasteiger partial charge is 0.376 e. The van der Waals surface area contributed by atoms with Crippen molar-refractivity contribution in [3.63, 3.8) is 0 Å². The highest BCUT2D eigenvalue weighted by molar-refractivity contribution is 7.99. The Bertz CT molecular complexity index is 919. The molecule has 0 radical (unpaired) electrons. The second kappa shape index (κ2) is 10.7. The Labute approximate surface area is 195 Å². The summed E-state index contributed by atoms with van der Waals surface area (Å²) in [6, 6.07) is 6.31.